The molecule has 114 valence electrons. The lowest BCUT2D eigenvalue weighted by molar-refractivity contribution is -0.122. The van der Waals surface area contributed by atoms with Gasteiger partial charge in [0.25, 0.3) is 0 Å². The number of methoxy groups -OCH3 is 2. The fourth-order valence-corrected chi connectivity index (χ4v) is 3.99. The zero-order valence-electron chi connectivity index (χ0n) is 15.5. The van der Waals surface area contributed by atoms with Gasteiger partial charge in [-0.25, -0.2) is 0 Å². The topological polar surface area (TPSA) is 38.8 Å². The molecule has 1 aromatic carbocycles. The predicted molar refractivity (Wildman–Crippen MR) is 81.1 cm³/mol. The zero-order valence-corrected chi connectivity index (χ0v) is 12.5. The third-order valence-electron chi connectivity index (χ3n) is 5.20. The van der Waals surface area contributed by atoms with E-state index in [9.17, 15) is 4.79 Å². The number of fused-ring (bicyclic) bond motifs is 1. The molecule has 1 aliphatic carbocycles. The number of likely N-dealkylation sites (tertiary alicyclic amines) is 1. The molecule has 1 saturated heterocycles. The predicted octanol–water partition coefficient (Wildman–Crippen LogP) is 2.40. The van der Waals surface area contributed by atoms with Crippen LogP contribution >= 0.6 is 0 Å². The number of hydrogen-bond donors (Lipinski definition) is 0. The van der Waals surface area contributed by atoms with Crippen LogP contribution in [0.1, 0.15) is 35.4 Å². The van der Waals surface area contributed by atoms with Gasteiger partial charge in [-0.2, -0.15) is 0 Å². The number of hydrogen-bond acceptors (Lipinski definition) is 4. The molecular weight excluding hydrogens is 266 g/mol. The van der Waals surface area contributed by atoms with E-state index in [0.29, 0.717) is 24.4 Å². The molecule has 2 aliphatic rings. The first-order chi connectivity index (χ1) is 11.2. The first-order valence-electron chi connectivity index (χ1n) is 8.85. The van der Waals surface area contributed by atoms with Gasteiger partial charge in [-0.1, -0.05) is 6.07 Å². The Morgan fingerprint density at radius 1 is 1.33 bits per heavy atom. The highest BCUT2D eigenvalue weighted by Gasteiger charge is 2.50. The summed E-state index contributed by atoms with van der Waals surface area (Å²) in [5, 5.41) is 0. The summed E-state index contributed by atoms with van der Waals surface area (Å²) in [6, 6.07) is 5.69. The van der Waals surface area contributed by atoms with Crippen LogP contribution in [0, 0.1) is 0 Å². The second kappa shape index (κ2) is 5.34. The third-order valence-corrected chi connectivity index (χ3v) is 5.20. The maximum atomic E-state index is 11.9. The summed E-state index contributed by atoms with van der Waals surface area (Å²) in [7, 11) is 1.01. The van der Waals surface area contributed by atoms with E-state index in [2.05, 4.69) is 4.90 Å². The van der Waals surface area contributed by atoms with Crippen LogP contribution in [0.2, 0.25) is 0 Å². The number of nitrogens with zero attached hydrogens (tertiary/aromatic N) is 1. The molecule has 0 aromatic heterocycles. The Hall–Kier alpha value is -1.55. The molecule has 1 heterocycles. The van der Waals surface area contributed by atoms with Crippen LogP contribution in [-0.4, -0.2) is 44.5 Å². The Morgan fingerprint density at radius 3 is 2.95 bits per heavy atom. The van der Waals surface area contributed by atoms with E-state index < -0.39 is 7.04 Å². The molecule has 4 heteroatoms. The van der Waals surface area contributed by atoms with Crippen molar-refractivity contribution in [1.82, 2.24) is 4.90 Å². The SMILES string of the molecule is [2H]C([2H])([2H])Oc1cc(C23CCC(=O)CC2N(C)CC3)ccc1OC. The van der Waals surface area contributed by atoms with Crippen molar-refractivity contribution in [3.8, 4) is 11.5 Å². The Balaban J connectivity index is 2.02. The number of ether oxygens (including phenoxy) is 2. The number of carbonyl (C=O) groups is 1. The van der Waals surface area contributed by atoms with E-state index >= 15 is 0 Å². The van der Waals surface area contributed by atoms with Crippen molar-refractivity contribution in [3.05, 3.63) is 23.8 Å². The van der Waals surface area contributed by atoms with Gasteiger partial charge in [-0.05, 0) is 44.1 Å². The van der Waals surface area contributed by atoms with Gasteiger partial charge in [0.15, 0.2) is 11.5 Å². The molecule has 2 fully saturated rings. The molecule has 2 atom stereocenters. The van der Waals surface area contributed by atoms with Crippen molar-refractivity contribution < 1.29 is 18.4 Å². The molecular formula is C17H23NO3. The molecule has 0 bridgehead atoms. The summed E-state index contributed by atoms with van der Waals surface area (Å²) in [6.45, 7) is 0.930. The highest BCUT2D eigenvalue weighted by Crippen LogP contribution is 2.48. The Bertz CT molecular complexity index is 646. The lowest BCUT2D eigenvalue weighted by atomic mass is 9.66. The number of ketones is 1. The summed E-state index contributed by atoms with van der Waals surface area (Å²) in [5.41, 5.74) is 0.909. The van der Waals surface area contributed by atoms with Crippen LogP contribution in [-0.2, 0) is 10.2 Å². The van der Waals surface area contributed by atoms with Crippen molar-refractivity contribution >= 4 is 5.78 Å². The molecule has 1 aliphatic heterocycles. The van der Waals surface area contributed by atoms with Crippen LogP contribution in [0.5, 0.6) is 11.5 Å². The minimum Gasteiger partial charge on any atom is -0.493 e. The van der Waals surface area contributed by atoms with E-state index in [4.69, 9.17) is 13.6 Å². The summed E-state index contributed by atoms with van der Waals surface area (Å²) >= 11 is 0. The van der Waals surface area contributed by atoms with Crippen molar-refractivity contribution in [2.75, 3.05) is 27.7 Å². The fraction of sp³-hybridized carbons (Fsp3) is 0.588. The molecule has 1 saturated carbocycles. The standard InChI is InChI=1S/C17H23NO3/c1-18-9-8-17(7-6-13(19)11-16(17)18)12-4-5-14(20-2)15(10-12)21-3/h4-5,10,16H,6-9,11H2,1-3H3/i3D3. The van der Waals surface area contributed by atoms with Crippen molar-refractivity contribution in [2.24, 2.45) is 0 Å². The van der Waals surface area contributed by atoms with Gasteiger partial charge in [-0.15, -0.1) is 0 Å². The largest absolute Gasteiger partial charge is 0.493 e. The summed E-state index contributed by atoms with van der Waals surface area (Å²) in [6.07, 6.45) is 2.88. The Kier molecular flexibility index (Phi) is 2.81. The molecule has 3 rings (SSSR count). The van der Waals surface area contributed by atoms with Gasteiger partial charge >= 0.3 is 0 Å². The van der Waals surface area contributed by atoms with Gasteiger partial charge in [0.2, 0.25) is 0 Å². The average molecular weight is 292 g/mol. The molecule has 1 aromatic rings. The molecule has 21 heavy (non-hydrogen) atoms. The van der Waals surface area contributed by atoms with Crippen LogP contribution < -0.4 is 9.47 Å². The van der Waals surface area contributed by atoms with Crippen molar-refractivity contribution in [1.29, 1.82) is 0 Å². The van der Waals surface area contributed by atoms with Crippen molar-refractivity contribution in [3.63, 3.8) is 0 Å². The maximum Gasteiger partial charge on any atom is 0.161 e. The third kappa shape index (κ3) is 2.22. The van der Waals surface area contributed by atoms with E-state index in [1.165, 1.54) is 7.11 Å². The summed E-state index contributed by atoms with van der Waals surface area (Å²) in [4.78, 5) is 14.2. The van der Waals surface area contributed by atoms with Gasteiger partial charge in [0.05, 0.1) is 18.3 Å². The van der Waals surface area contributed by atoms with Gasteiger partial charge in [-0.3, -0.25) is 4.79 Å². The van der Waals surface area contributed by atoms with Gasteiger partial charge < -0.3 is 14.4 Å². The molecule has 4 nitrogen and oxygen atoms in total. The van der Waals surface area contributed by atoms with Crippen LogP contribution in [0.4, 0.5) is 0 Å². The Labute approximate surface area is 130 Å². The maximum absolute atomic E-state index is 11.9. The number of likely N-dealkylation sites (N-methyl/N-ethyl adjacent to an activating group) is 1. The number of Topliss-reactive ketones (excluding diaryl/α,β-unsaturated/α-hetero) is 1. The van der Waals surface area contributed by atoms with Gasteiger partial charge in [0.1, 0.15) is 5.78 Å². The molecule has 0 N–H and O–H groups in total. The van der Waals surface area contributed by atoms with Crippen LogP contribution in [0.25, 0.3) is 0 Å². The summed E-state index contributed by atoms with van der Waals surface area (Å²) < 4.78 is 32.5. The van der Waals surface area contributed by atoms with E-state index in [1.54, 1.807) is 12.1 Å². The minimum absolute atomic E-state index is 0.123. The normalized spacial score (nSPS) is 32.0. The smallest absolute Gasteiger partial charge is 0.161 e. The number of carbonyl (C=O) groups excluding carboxylic acids is 1. The van der Waals surface area contributed by atoms with E-state index in [-0.39, 0.29) is 17.2 Å². The highest BCUT2D eigenvalue weighted by molar-refractivity contribution is 5.81. The second-order valence-electron chi connectivity index (χ2n) is 6.11. The minimum atomic E-state index is -2.53. The monoisotopic (exact) mass is 292 g/mol. The second-order valence-corrected chi connectivity index (χ2v) is 6.11. The Morgan fingerprint density at radius 2 is 2.19 bits per heavy atom. The van der Waals surface area contributed by atoms with Crippen LogP contribution in [0.3, 0.4) is 0 Å². The lowest BCUT2D eigenvalue weighted by Gasteiger charge is -2.41. The first kappa shape index (κ1) is 11.1. The zero-order chi connectivity index (χ0) is 17.5. The fourth-order valence-electron chi connectivity index (χ4n) is 3.99. The van der Waals surface area contributed by atoms with Crippen molar-refractivity contribution in [2.45, 2.75) is 37.1 Å². The van der Waals surface area contributed by atoms with E-state index in [1.807, 2.05) is 13.1 Å². The lowest BCUT2D eigenvalue weighted by Crippen LogP contribution is -2.46. The van der Waals surface area contributed by atoms with Gasteiger partial charge in [0, 0.05) is 24.3 Å². The summed E-state index contributed by atoms with van der Waals surface area (Å²) in [5.74, 6) is 0.937. The van der Waals surface area contributed by atoms with Crippen LogP contribution in [0.15, 0.2) is 18.2 Å². The van der Waals surface area contributed by atoms with E-state index in [0.717, 1.165) is 24.9 Å². The number of benzene rings is 1. The molecule has 0 spiro atoms. The number of rotatable bonds is 3. The average Bonchev–Trinajstić information content (AvgIpc) is 2.84. The highest BCUT2D eigenvalue weighted by atomic mass is 16.5. The molecule has 0 amide bonds. The molecule has 0 radical (unpaired) electrons. The first-order valence-corrected chi connectivity index (χ1v) is 7.35. The molecule has 2 unspecified atom stereocenters. The quantitative estimate of drug-likeness (QED) is 0.857.